The van der Waals surface area contributed by atoms with Crippen molar-refractivity contribution in [1.82, 2.24) is 10.3 Å². The third kappa shape index (κ3) is 6.65. The van der Waals surface area contributed by atoms with Gasteiger partial charge in [-0.1, -0.05) is 19.8 Å². The van der Waals surface area contributed by atoms with Crippen LogP contribution in [0.3, 0.4) is 0 Å². The first-order chi connectivity index (χ1) is 11.2. The molecule has 2 unspecified atom stereocenters. The number of rotatable bonds is 7. The van der Waals surface area contributed by atoms with Crippen molar-refractivity contribution in [2.75, 3.05) is 24.5 Å². The Hall–Kier alpha value is -1.04. The van der Waals surface area contributed by atoms with Crippen LogP contribution in [0.1, 0.15) is 56.3 Å². The lowest BCUT2D eigenvalue weighted by molar-refractivity contribution is 0.0907. The van der Waals surface area contributed by atoms with Gasteiger partial charge in [0, 0.05) is 25.3 Å². The van der Waals surface area contributed by atoms with Crippen molar-refractivity contribution in [1.29, 1.82) is 0 Å². The lowest BCUT2D eigenvalue weighted by Crippen LogP contribution is -2.44. The second-order valence-electron chi connectivity index (χ2n) is 6.34. The predicted molar refractivity (Wildman–Crippen MR) is 109 cm³/mol. The molecule has 25 heavy (non-hydrogen) atoms. The van der Waals surface area contributed by atoms with E-state index in [1.54, 1.807) is 6.20 Å². The largest absolute Gasteiger partial charge is 0.357 e. The van der Waals surface area contributed by atoms with Gasteiger partial charge >= 0.3 is 0 Å². The lowest BCUT2D eigenvalue weighted by atomic mass is 9.84. The van der Waals surface area contributed by atoms with Crippen molar-refractivity contribution in [3.8, 4) is 0 Å². The molecule has 3 N–H and O–H groups in total. The summed E-state index contributed by atoms with van der Waals surface area (Å²) in [4.78, 5) is 19.1. The standard InChI is InChI=1S/C18H30N4O.2ClH/c1-3-11-22(4-2)17-10-9-15(13-20-17)18(23)21-16-8-6-5-7-14(16)12-19;;/h9-10,13-14,16H,3-8,11-12,19H2,1-2H3,(H,21,23);2*1H. The highest BCUT2D eigenvalue weighted by Gasteiger charge is 2.25. The van der Waals surface area contributed by atoms with Gasteiger partial charge < -0.3 is 16.0 Å². The zero-order chi connectivity index (χ0) is 16.7. The summed E-state index contributed by atoms with van der Waals surface area (Å²) >= 11 is 0. The van der Waals surface area contributed by atoms with Crippen LogP contribution in [-0.2, 0) is 0 Å². The quantitative estimate of drug-likeness (QED) is 0.747. The van der Waals surface area contributed by atoms with Gasteiger partial charge in [0.15, 0.2) is 0 Å². The van der Waals surface area contributed by atoms with Gasteiger partial charge in [0.05, 0.1) is 5.56 Å². The second kappa shape index (κ2) is 12.3. The van der Waals surface area contributed by atoms with Crippen LogP contribution in [0.5, 0.6) is 0 Å². The lowest BCUT2D eigenvalue weighted by Gasteiger charge is -2.31. The summed E-state index contributed by atoms with van der Waals surface area (Å²) in [6.07, 6.45) is 7.29. The Bertz CT molecular complexity index is 498. The highest BCUT2D eigenvalue weighted by molar-refractivity contribution is 5.94. The number of hydrogen-bond donors (Lipinski definition) is 2. The zero-order valence-corrected chi connectivity index (χ0v) is 16.9. The van der Waals surface area contributed by atoms with Gasteiger partial charge in [-0.05, 0) is 50.8 Å². The number of pyridine rings is 1. The molecule has 0 aromatic carbocycles. The van der Waals surface area contributed by atoms with Crippen molar-refractivity contribution in [2.24, 2.45) is 11.7 Å². The number of aromatic nitrogens is 1. The maximum atomic E-state index is 12.4. The molecule has 1 fully saturated rings. The molecule has 1 aromatic heterocycles. The first-order valence-corrected chi connectivity index (χ1v) is 8.91. The van der Waals surface area contributed by atoms with E-state index < -0.39 is 0 Å². The molecule has 1 aromatic rings. The molecule has 0 saturated heterocycles. The number of carbonyl (C=O) groups excluding carboxylic acids is 1. The first kappa shape index (κ1) is 24.0. The van der Waals surface area contributed by atoms with Gasteiger partial charge in [-0.2, -0.15) is 0 Å². The molecular weight excluding hydrogens is 359 g/mol. The van der Waals surface area contributed by atoms with E-state index in [1.165, 1.54) is 12.8 Å². The SMILES string of the molecule is CCCN(CC)c1ccc(C(=O)NC2CCCCC2CN)cn1.Cl.Cl. The third-order valence-corrected chi connectivity index (χ3v) is 4.74. The number of amides is 1. The summed E-state index contributed by atoms with van der Waals surface area (Å²) in [6, 6.07) is 4.01. The van der Waals surface area contributed by atoms with Crippen molar-refractivity contribution < 1.29 is 4.79 Å². The van der Waals surface area contributed by atoms with E-state index in [1.807, 2.05) is 12.1 Å². The van der Waals surface area contributed by atoms with E-state index in [-0.39, 0.29) is 36.8 Å². The van der Waals surface area contributed by atoms with Gasteiger partial charge in [-0.25, -0.2) is 4.98 Å². The highest BCUT2D eigenvalue weighted by Crippen LogP contribution is 2.24. The fourth-order valence-corrected chi connectivity index (χ4v) is 3.34. The second-order valence-corrected chi connectivity index (χ2v) is 6.34. The summed E-state index contributed by atoms with van der Waals surface area (Å²) in [6.45, 7) is 6.82. The predicted octanol–water partition coefficient (Wildman–Crippen LogP) is 3.41. The van der Waals surface area contributed by atoms with Crippen LogP contribution >= 0.6 is 24.8 Å². The van der Waals surface area contributed by atoms with Gasteiger partial charge in [0.1, 0.15) is 5.82 Å². The topological polar surface area (TPSA) is 71.2 Å². The van der Waals surface area contributed by atoms with Crippen molar-refractivity contribution in [3.63, 3.8) is 0 Å². The van der Waals surface area contributed by atoms with Crippen LogP contribution in [0.4, 0.5) is 5.82 Å². The molecule has 144 valence electrons. The Balaban J connectivity index is 0.00000288. The number of halogens is 2. The minimum Gasteiger partial charge on any atom is -0.357 e. The minimum absolute atomic E-state index is 0. The molecule has 1 saturated carbocycles. The van der Waals surface area contributed by atoms with Crippen molar-refractivity contribution in [3.05, 3.63) is 23.9 Å². The Morgan fingerprint density at radius 3 is 2.56 bits per heavy atom. The number of carbonyl (C=O) groups is 1. The Labute approximate surface area is 164 Å². The fraction of sp³-hybridized carbons (Fsp3) is 0.667. The number of hydrogen-bond acceptors (Lipinski definition) is 4. The van der Waals surface area contributed by atoms with Crippen LogP contribution in [0.25, 0.3) is 0 Å². The summed E-state index contributed by atoms with van der Waals surface area (Å²) in [5, 5.41) is 3.15. The van der Waals surface area contributed by atoms with E-state index in [4.69, 9.17) is 5.73 Å². The molecule has 7 heteroatoms. The molecule has 2 atom stereocenters. The zero-order valence-electron chi connectivity index (χ0n) is 15.2. The van der Waals surface area contributed by atoms with E-state index in [9.17, 15) is 4.79 Å². The van der Waals surface area contributed by atoms with Gasteiger partial charge in [-0.3, -0.25) is 4.79 Å². The van der Waals surface area contributed by atoms with Crippen LogP contribution in [0.2, 0.25) is 0 Å². The maximum Gasteiger partial charge on any atom is 0.253 e. The summed E-state index contributed by atoms with van der Waals surface area (Å²) in [7, 11) is 0. The Morgan fingerprint density at radius 1 is 1.28 bits per heavy atom. The number of nitrogens with one attached hydrogen (secondary N) is 1. The van der Waals surface area contributed by atoms with E-state index in [2.05, 4.69) is 29.0 Å². The van der Waals surface area contributed by atoms with E-state index >= 15 is 0 Å². The van der Waals surface area contributed by atoms with Gasteiger partial charge in [0.2, 0.25) is 0 Å². The molecule has 0 bridgehead atoms. The fourth-order valence-electron chi connectivity index (χ4n) is 3.34. The maximum absolute atomic E-state index is 12.4. The molecule has 1 aliphatic carbocycles. The number of anilines is 1. The van der Waals surface area contributed by atoms with Crippen LogP contribution in [0, 0.1) is 5.92 Å². The van der Waals surface area contributed by atoms with E-state index in [0.29, 0.717) is 18.0 Å². The summed E-state index contributed by atoms with van der Waals surface area (Å²) < 4.78 is 0. The molecule has 0 aliphatic heterocycles. The van der Waals surface area contributed by atoms with Crippen LogP contribution < -0.4 is 16.0 Å². The molecule has 2 rings (SSSR count). The monoisotopic (exact) mass is 390 g/mol. The third-order valence-electron chi connectivity index (χ3n) is 4.74. The number of nitrogens with two attached hydrogens (primary N) is 1. The average Bonchev–Trinajstić information content (AvgIpc) is 2.60. The molecule has 1 heterocycles. The molecule has 1 amide bonds. The van der Waals surface area contributed by atoms with Crippen LogP contribution in [-0.4, -0.2) is 36.6 Å². The normalized spacial score (nSPS) is 19.3. The van der Waals surface area contributed by atoms with E-state index in [0.717, 1.165) is 38.2 Å². The Morgan fingerprint density at radius 2 is 2.00 bits per heavy atom. The van der Waals surface area contributed by atoms with Gasteiger partial charge in [-0.15, -0.1) is 24.8 Å². The molecule has 0 radical (unpaired) electrons. The minimum atomic E-state index is -0.0343. The molecule has 5 nitrogen and oxygen atoms in total. The Kier molecular flexibility index (Phi) is 11.8. The first-order valence-electron chi connectivity index (χ1n) is 8.91. The number of nitrogens with zero attached hydrogens (tertiary/aromatic N) is 2. The molecule has 1 aliphatic rings. The summed E-state index contributed by atoms with van der Waals surface area (Å²) in [5.74, 6) is 1.30. The average molecular weight is 391 g/mol. The van der Waals surface area contributed by atoms with Crippen molar-refractivity contribution >= 4 is 36.5 Å². The summed E-state index contributed by atoms with van der Waals surface area (Å²) in [5.41, 5.74) is 6.46. The molecular formula is C18H32Cl2N4O. The smallest absolute Gasteiger partial charge is 0.253 e. The van der Waals surface area contributed by atoms with Crippen LogP contribution in [0.15, 0.2) is 18.3 Å². The highest BCUT2D eigenvalue weighted by atomic mass is 35.5. The molecule has 0 spiro atoms. The van der Waals surface area contributed by atoms with Gasteiger partial charge in [0.25, 0.3) is 5.91 Å². The van der Waals surface area contributed by atoms with Crippen molar-refractivity contribution in [2.45, 2.75) is 52.0 Å².